The van der Waals surface area contributed by atoms with E-state index in [9.17, 15) is 0 Å². The largest absolute Gasteiger partial charge is 0.309 e. The minimum Gasteiger partial charge on any atom is -0.309 e. The quantitative estimate of drug-likeness (QED) is 0.780. The molecule has 110 valence electrons. The highest BCUT2D eigenvalue weighted by molar-refractivity contribution is 6.42. The summed E-state index contributed by atoms with van der Waals surface area (Å²) in [4.78, 5) is 0. The van der Waals surface area contributed by atoms with Crippen molar-refractivity contribution in [1.29, 1.82) is 0 Å². The van der Waals surface area contributed by atoms with Crippen LogP contribution in [-0.2, 0) is 6.42 Å². The van der Waals surface area contributed by atoms with Gasteiger partial charge in [-0.15, -0.1) is 0 Å². The molecule has 3 heteroatoms. The van der Waals surface area contributed by atoms with Gasteiger partial charge in [0.25, 0.3) is 0 Å². The van der Waals surface area contributed by atoms with Crippen LogP contribution in [-0.4, -0.2) is 6.54 Å². The van der Waals surface area contributed by atoms with Gasteiger partial charge in [-0.05, 0) is 42.1 Å². The number of hydrogen-bond donors (Lipinski definition) is 1. The zero-order valence-corrected chi connectivity index (χ0v) is 13.6. The van der Waals surface area contributed by atoms with Crippen LogP contribution in [0, 0.1) is 0 Å². The summed E-state index contributed by atoms with van der Waals surface area (Å²) in [6.07, 6.45) is 2.20. The van der Waals surface area contributed by atoms with Crippen LogP contribution in [0.15, 0.2) is 42.5 Å². The molecule has 0 saturated heterocycles. The lowest BCUT2D eigenvalue weighted by Crippen LogP contribution is -2.34. The first-order chi connectivity index (χ1) is 10.2. The Bertz CT molecular complexity index is 639. The summed E-state index contributed by atoms with van der Waals surface area (Å²) < 4.78 is 0. The van der Waals surface area contributed by atoms with Gasteiger partial charge in [-0.3, -0.25) is 0 Å². The zero-order valence-electron chi connectivity index (χ0n) is 12.1. The molecule has 3 rings (SSSR count). The van der Waals surface area contributed by atoms with Crippen LogP contribution in [0.1, 0.15) is 42.0 Å². The second-order valence-corrected chi connectivity index (χ2v) is 6.37. The lowest BCUT2D eigenvalue weighted by molar-refractivity contribution is 0.412. The Kier molecular flexibility index (Phi) is 4.54. The summed E-state index contributed by atoms with van der Waals surface area (Å²) in [5, 5.41) is 4.96. The summed E-state index contributed by atoms with van der Waals surface area (Å²) in [5.41, 5.74) is 3.99. The molecule has 0 spiro atoms. The number of hydrogen-bond acceptors (Lipinski definition) is 1. The van der Waals surface area contributed by atoms with Crippen molar-refractivity contribution < 1.29 is 0 Å². The molecule has 2 atom stereocenters. The van der Waals surface area contributed by atoms with E-state index in [1.54, 1.807) is 0 Å². The maximum absolute atomic E-state index is 6.45. The third-order valence-corrected chi connectivity index (χ3v) is 5.06. The first-order valence-corrected chi connectivity index (χ1v) is 8.23. The van der Waals surface area contributed by atoms with Gasteiger partial charge in [0.1, 0.15) is 0 Å². The zero-order chi connectivity index (χ0) is 14.8. The van der Waals surface area contributed by atoms with Gasteiger partial charge in [0.05, 0.1) is 10.0 Å². The molecule has 2 unspecified atom stereocenters. The van der Waals surface area contributed by atoms with Crippen LogP contribution >= 0.6 is 23.2 Å². The van der Waals surface area contributed by atoms with Crippen molar-refractivity contribution in [2.75, 3.05) is 6.54 Å². The second-order valence-electron chi connectivity index (χ2n) is 5.58. The Morgan fingerprint density at radius 2 is 1.95 bits per heavy atom. The van der Waals surface area contributed by atoms with E-state index in [1.807, 2.05) is 12.1 Å². The number of nitrogens with one attached hydrogen (secondary N) is 1. The fourth-order valence-corrected chi connectivity index (χ4v) is 3.55. The fraction of sp³-hybridized carbons (Fsp3) is 0.333. The SMILES string of the molecule is CCCNC(c1cccc(Cl)c1Cl)C1Cc2ccccc21. The van der Waals surface area contributed by atoms with E-state index in [1.165, 1.54) is 11.1 Å². The maximum atomic E-state index is 6.45. The molecular weight excluding hydrogens is 301 g/mol. The van der Waals surface area contributed by atoms with Gasteiger partial charge in [-0.1, -0.05) is 66.5 Å². The highest BCUT2D eigenvalue weighted by Crippen LogP contribution is 2.45. The van der Waals surface area contributed by atoms with Crippen LogP contribution in [0.2, 0.25) is 10.0 Å². The third kappa shape index (κ3) is 2.83. The Balaban J connectivity index is 1.94. The van der Waals surface area contributed by atoms with E-state index in [4.69, 9.17) is 23.2 Å². The standard InChI is InChI=1S/C18H19Cl2N/c1-2-10-21-18(14-8-5-9-16(19)17(14)20)15-11-12-6-3-4-7-13(12)15/h3-9,15,18,21H,2,10-11H2,1H3. The number of fused-ring (bicyclic) bond motifs is 1. The summed E-state index contributed by atoms with van der Waals surface area (Å²) in [6.45, 7) is 3.16. The van der Waals surface area contributed by atoms with Gasteiger partial charge in [-0.2, -0.15) is 0 Å². The third-order valence-electron chi connectivity index (χ3n) is 4.23. The number of rotatable bonds is 5. The normalized spacial score (nSPS) is 18.0. The number of benzene rings is 2. The van der Waals surface area contributed by atoms with Gasteiger partial charge in [0.2, 0.25) is 0 Å². The molecule has 21 heavy (non-hydrogen) atoms. The van der Waals surface area contributed by atoms with Gasteiger partial charge >= 0.3 is 0 Å². The number of halogens is 2. The van der Waals surface area contributed by atoms with Crippen molar-refractivity contribution in [3.8, 4) is 0 Å². The monoisotopic (exact) mass is 319 g/mol. The van der Waals surface area contributed by atoms with Crippen LogP contribution in [0.4, 0.5) is 0 Å². The predicted octanol–water partition coefficient (Wildman–Crippen LogP) is 5.37. The lowest BCUT2D eigenvalue weighted by Gasteiger charge is -2.38. The Morgan fingerprint density at radius 3 is 2.71 bits per heavy atom. The van der Waals surface area contributed by atoms with E-state index in [0.29, 0.717) is 16.0 Å². The van der Waals surface area contributed by atoms with Crippen molar-refractivity contribution in [3.05, 3.63) is 69.2 Å². The molecule has 0 fully saturated rings. The molecule has 1 aliphatic carbocycles. The minimum atomic E-state index is 0.228. The first-order valence-electron chi connectivity index (χ1n) is 7.47. The van der Waals surface area contributed by atoms with Gasteiger partial charge < -0.3 is 5.32 Å². The minimum absolute atomic E-state index is 0.228. The lowest BCUT2D eigenvalue weighted by atomic mass is 9.71. The maximum Gasteiger partial charge on any atom is 0.0640 e. The van der Waals surface area contributed by atoms with Crippen molar-refractivity contribution in [3.63, 3.8) is 0 Å². The average molecular weight is 320 g/mol. The van der Waals surface area contributed by atoms with Crippen molar-refractivity contribution in [1.82, 2.24) is 5.32 Å². The Morgan fingerprint density at radius 1 is 1.14 bits per heavy atom. The van der Waals surface area contributed by atoms with Crippen molar-refractivity contribution >= 4 is 23.2 Å². The molecule has 0 aromatic heterocycles. The summed E-state index contributed by atoms with van der Waals surface area (Å²) in [5.74, 6) is 0.476. The van der Waals surface area contributed by atoms with Crippen LogP contribution in [0.5, 0.6) is 0 Å². The van der Waals surface area contributed by atoms with E-state index >= 15 is 0 Å². The van der Waals surface area contributed by atoms with Crippen LogP contribution in [0.3, 0.4) is 0 Å². The van der Waals surface area contributed by atoms with Gasteiger partial charge in [0.15, 0.2) is 0 Å². The van der Waals surface area contributed by atoms with E-state index in [0.717, 1.165) is 24.9 Å². The molecule has 0 aliphatic heterocycles. The molecule has 1 N–H and O–H groups in total. The highest BCUT2D eigenvalue weighted by Gasteiger charge is 2.34. The Labute approximate surface area is 136 Å². The Hall–Kier alpha value is -1.02. The highest BCUT2D eigenvalue weighted by atomic mass is 35.5. The molecule has 0 heterocycles. The molecular formula is C18H19Cl2N. The molecule has 2 aromatic carbocycles. The average Bonchev–Trinajstić information content (AvgIpc) is 2.47. The molecule has 0 bridgehead atoms. The van der Waals surface area contributed by atoms with Crippen molar-refractivity contribution in [2.45, 2.75) is 31.7 Å². The molecule has 0 saturated carbocycles. The fourth-order valence-electron chi connectivity index (χ4n) is 3.12. The molecule has 0 amide bonds. The molecule has 1 nitrogen and oxygen atoms in total. The topological polar surface area (TPSA) is 12.0 Å². The van der Waals surface area contributed by atoms with Crippen LogP contribution in [0.25, 0.3) is 0 Å². The molecule has 1 aliphatic rings. The molecule has 2 aromatic rings. The van der Waals surface area contributed by atoms with Gasteiger partial charge in [-0.25, -0.2) is 0 Å². The first kappa shape index (κ1) is 14.9. The van der Waals surface area contributed by atoms with Gasteiger partial charge in [0, 0.05) is 12.0 Å². The smallest absolute Gasteiger partial charge is 0.0640 e. The predicted molar refractivity (Wildman–Crippen MR) is 90.4 cm³/mol. The summed E-state index contributed by atoms with van der Waals surface area (Å²) in [7, 11) is 0. The summed E-state index contributed by atoms with van der Waals surface area (Å²) in [6, 6.07) is 14.8. The van der Waals surface area contributed by atoms with E-state index < -0.39 is 0 Å². The second kappa shape index (κ2) is 6.39. The molecule has 0 radical (unpaired) electrons. The van der Waals surface area contributed by atoms with E-state index in [-0.39, 0.29) is 6.04 Å². The van der Waals surface area contributed by atoms with Crippen LogP contribution < -0.4 is 5.32 Å². The van der Waals surface area contributed by atoms with E-state index in [2.05, 4.69) is 42.6 Å². The van der Waals surface area contributed by atoms with Crippen molar-refractivity contribution in [2.24, 2.45) is 0 Å². The summed E-state index contributed by atoms with van der Waals surface area (Å²) >= 11 is 12.6.